The van der Waals surface area contributed by atoms with E-state index in [2.05, 4.69) is 0 Å². The van der Waals surface area contributed by atoms with Crippen LogP contribution in [-0.2, 0) is 14.6 Å². The van der Waals surface area contributed by atoms with Crippen LogP contribution < -0.4 is 0 Å². The number of hydrogen-bond donors (Lipinski definition) is 1. The molecule has 1 unspecified atom stereocenters. The van der Waals surface area contributed by atoms with Gasteiger partial charge >= 0.3 is 5.97 Å². The molecule has 0 aromatic rings. The quantitative estimate of drug-likeness (QED) is 0.667. The monoisotopic (exact) mass is 278 g/mol. The van der Waals surface area contributed by atoms with Crippen LogP contribution in [0.5, 0.6) is 0 Å². The summed E-state index contributed by atoms with van der Waals surface area (Å²) in [5, 5.41) is 9.38. The molecule has 4 nitrogen and oxygen atoms in total. The summed E-state index contributed by atoms with van der Waals surface area (Å²) >= 11 is 0. The van der Waals surface area contributed by atoms with Gasteiger partial charge in [0.05, 0.1) is 11.2 Å². The molecule has 0 fully saturated rings. The fraction of sp³-hybridized carbons (Fsp3) is 0.923. The lowest BCUT2D eigenvalue weighted by Crippen LogP contribution is -2.33. The van der Waals surface area contributed by atoms with Gasteiger partial charge in [0.2, 0.25) is 0 Å². The molecule has 0 saturated heterocycles. The van der Waals surface area contributed by atoms with Crippen molar-refractivity contribution in [3.05, 3.63) is 0 Å². The first-order chi connectivity index (χ1) is 8.33. The van der Waals surface area contributed by atoms with Crippen LogP contribution in [0.3, 0.4) is 0 Å². The normalized spacial score (nSPS) is 15.3. The van der Waals surface area contributed by atoms with Crippen LogP contribution in [0.25, 0.3) is 0 Å². The fourth-order valence-electron chi connectivity index (χ4n) is 2.12. The zero-order valence-electron chi connectivity index (χ0n) is 11.7. The highest BCUT2D eigenvalue weighted by atomic mass is 32.2. The first-order valence-corrected chi connectivity index (χ1v) is 8.59. The number of rotatable bonds is 10. The van der Waals surface area contributed by atoms with Crippen molar-refractivity contribution in [1.82, 2.24) is 0 Å². The molecular weight excluding hydrogens is 252 g/mol. The topological polar surface area (TPSA) is 71.4 Å². The van der Waals surface area contributed by atoms with E-state index < -0.39 is 21.2 Å². The molecule has 1 atom stereocenters. The number of carboxylic acids is 1. The average molecular weight is 278 g/mol. The number of carbonyl (C=O) groups is 1. The average Bonchev–Trinajstić information content (AvgIpc) is 2.29. The first kappa shape index (κ1) is 17.4. The van der Waals surface area contributed by atoms with E-state index in [-0.39, 0.29) is 17.9 Å². The molecule has 1 N–H and O–H groups in total. The highest BCUT2D eigenvalue weighted by Crippen LogP contribution is 2.33. The van der Waals surface area contributed by atoms with E-state index in [1.54, 1.807) is 0 Å². The molecule has 0 rings (SSSR count). The third-order valence-corrected chi connectivity index (χ3v) is 5.40. The Hall–Kier alpha value is -0.580. The van der Waals surface area contributed by atoms with Crippen LogP contribution in [-0.4, -0.2) is 31.0 Å². The van der Waals surface area contributed by atoms with Crippen molar-refractivity contribution in [3.63, 3.8) is 0 Å². The highest BCUT2D eigenvalue weighted by Gasteiger charge is 2.36. The van der Waals surface area contributed by atoms with E-state index in [1.165, 1.54) is 0 Å². The van der Waals surface area contributed by atoms with Crippen LogP contribution in [0.1, 0.15) is 59.3 Å². The standard InChI is InChI=1S/C13H26O4S/c1-4-7-8-13(6-3,12(14)15)9-11-18(16,17)10-5-2/h4-11H2,1-3H3,(H,14,15). The maximum atomic E-state index is 11.7. The molecule has 0 amide bonds. The summed E-state index contributed by atoms with van der Waals surface area (Å²) in [5.41, 5.74) is -0.864. The number of sulfone groups is 1. The van der Waals surface area contributed by atoms with Crippen molar-refractivity contribution in [3.8, 4) is 0 Å². The lowest BCUT2D eigenvalue weighted by molar-refractivity contribution is -0.150. The summed E-state index contributed by atoms with van der Waals surface area (Å²) in [5.74, 6) is -0.713. The Morgan fingerprint density at radius 3 is 2.06 bits per heavy atom. The minimum absolute atomic E-state index is 0.00923. The largest absolute Gasteiger partial charge is 0.481 e. The van der Waals surface area contributed by atoms with Gasteiger partial charge < -0.3 is 5.11 Å². The maximum Gasteiger partial charge on any atom is 0.309 e. The molecule has 0 aliphatic heterocycles. The summed E-state index contributed by atoms with van der Waals surface area (Å²) in [6.07, 6.45) is 3.64. The smallest absolute Gasteiger partial charge is 0.309 e. The second kappa shape index (κ2) is 7.77. The Morgan fingerprint density at radius 1 is 1.06 bits per heavy atom. The molecule has 0 aromatic carbocycles. The zero-order valence-corrected chi connectivity index (χ0v) is 12.6. The molecule has 0 heterocycles. The summed E-state index contributed by atoms with van der Waals surface area (Å²) in [7, 11) is -3.10. The Bertz CT molecular complexity index is 348. The van der Waals surface area contributed by atoms with Gasteiger partial charge in [0.1, 0.15) is 9.84 Å². The van der Waals surface area contributed by atoms with Gasteiger partial charge in [-0.05, 0) is 25.7 Å². The number of hydrogen-bond acceptors (Lipinski definition) is 3. The molecule has 0 radical (unpaired) electrons. The molecular formula is C13H26O4S. The maximum absolute atomic E-state index is 11.7. The first-order valence-electron chi connectivity index (χ1n) is 6.77. The zero-order chi connectivity index (χ0) is 14.2. The van der Waals surface area contributed by atoms with E-state index in [4.69, 9.17) is 0 Å². The van der Waals surface area contributed by atoms with E-state index >= 15 is 0 Å². The minimum atomic E-state index is -3.10. The highest BCUT2D eigenvalue weighted by molar-refractivity contribution is 7.91. The minimum Gasteiger partial charge on any atom is -0.481 e. The number of unbranched alkanes of at least 4 members (excludes halogenated alkanes) is 1. The lowest BCUT2D eigenvalue weighted by Gasteiger charge is -2.28. The molecule has 0 saturated carbocycles. The van der Waals surface area contributed by atoms with Crippen molar-refractivity contribution in [2.24, 2.45) is 5.41 Å². The number of aliphatic carboxylic acids is 1. The van der Waals surface area contributed by atoms with Crippen LogP contribution in [0.4, 0.5) is 0 Å². The van der Waals surface area contributed by atoms with Gasteiger partial charge in [-0.3, -0.25) is 4.79 Å². The predicted molar refractivity (Wildman–Crippen MR) is 73.4 cm³/mol. The van der Waals surface area contributed by atoms with Crippen LogP contribution >= 0.6 is 0 Å². The van der Waals surface area contributed by atoms with Crippen LogP contribution in [0.15, 0.2) is 0 Å². The van der Waals surface area contributed by atoms with Crippen molar-refractivity contribution >= 4 is 15.8 Å². The van der Waals surface area contributed by atoms with Gasteiger partial charge in [0, 0.05) is 5.75 Å². The van der Waals surface area contributed by atoms with E-state index in [0.717, 1.165) is 12.8 Å². The molecule has 5 heteroatoms. The summed E-state index contributed by atoms with van der Waals surface area (Å²) in [4.78, 5) is 11.4. The van der Waals surface area contributed by atoms with Gasteiger partial charge in [0.15, 0.2) is 0 Å². The third-order valence-electron chi connectivity index (χ3n) is 3.55. The predicted octanol–water partition coefficient (Wildman–Crippen LogP) is 2.87. The van der Waals surface area contributed by atoms with E-state index in [1.807, 2.05) is 20.8 Å². The molecule has 18 heavy (non-hydrogen) atoms. The van der Waals surface area contributed by atoms with E-state index in [0.29, 0.717) is 19.3 Å². The molecule has 0 bridgehead atoms. The number of carboxylic acid groups (broad SMARTS) is 1. The Kier molecular flexibility index (Phi) is 7.52. The Balaban J connectivity index is 4.74. The van der Waals surface area contributed by atoms with Crippen molar-refractivity contribution in [2.45, 2.75) is 59.3 Å². The SMILES string of the molecule is CCCCC(CC)(CCS(=O)(=O)CCC)C(=O)O. The molecule has 0 aromatic heterocycles. The molecule has 0 aliphatic carbocycles. The van der Waals surface area contributed by atoms with Crippen LogP contribution in [0, 0.1) is 5.41 Å². The summed E-state index contributed by atoms with van der Waals surface area (Å²) in [6, 6.07) is 0. The van der Waals surface area contributed by atoms with Gasteiger partial charge in [-0.1, -0.05) is 33.6 Å². The molecule has 0 aliphatic rings. The Morgan fingerprint density at radius 2 is 1.67 bits per heavy atom. The van der Waals surface area contributed by atoms with Crippen molar-refractivity contribution < 1.29 is 18.3 Å². The van der Waals surface area contributed by atoms with Gasteiger partial charge in [-0.15, -0.1) is 0 Å². The van der Waals surface area contributed by atoms with Crippen LogP contribution in [0.2, 0.25) is 0 Å². The third kappa shape index (κ3) is 5.38. The fourth-order valence-corrected chi connectivity index (χ4v) is 3.65. The van der Waals surface area contributed by atoms with Crippen molar-refractivity contribution in [2.75, 3.05) is 11.5 Å². The second-order valence-electron chi connectivity index (χ2n) is 4.94. The Labute approximate surface area is 111 Å². The van der Waals surface area contributed by atoms with E-state index in [9.17, 15) is 18.3 Å². The van der Waals surface area contributed by atoms with Crippen molar-refractivity contribution in [1.29, 1.82) is 0 Å². The molecule has 108 valence electrons. The van der Waals surface area contributed by atoms with Gasteiger partial charge in [-0.2, -0.15) is 0 Å². The summed E-state index contributed by atoms with van der Waals surface area (Å²) in [6.45, 7) is 5.66. The lowest BCUT2D eigenvalue weighted by atomic mass is 9.78. The summed E-state index contributed by atoms with van der Waals surface area (Å²) < 4.78 is 23.4. The van der Waals surface area contributed by atoms with Gasteiger partial charge in [-0.25, -0.2) is 8.42 Å². The second-order valence-corrected chi connectivity index (χ2v) is 7.25. The van der Waals surface area contributed by atoms with Gasteiger partial charge in [0.25, 0.3) is 0 Å². The molecule has 0 spiro atoms.